The van der Waals surface area contributed by atoms with E-state index in [0.717, 1.165) is 0 Å². The van der Waals surface area contributed by atoms with E-state index in [-0.39, 0.29) is 0 Å². The normalized spacial score (nSPS) is 20.3. The maximum Gasteiger partial charge on any atom is 0.282 e. The van der Waals surface area contributed by atoms with Crippen LogP contribution in [0, 0.1) is 6.61 Å². The van der Waals surface area contributed by atoms with Crippen molar-refractivity contribution in [1.29, 1.82) is 0 Å². The van der Waals surface area contributed by atoms with Crippen LogP contribution in [0.1, 0.15) is 0 Å². The third kappa shape index (κ3) is 1.76. The van der Waals surface area contributed by atoms with Gasteiger partial charge in [0.1, 0.15) is 0 Å². The number of rotatable bonds is 1. The van der Waals surface area contributed by atoms with E-state index in [1.54, 1.807) is 0 Å². The fourth-order valence-electron chi connectivity index (χ4n) is 2.07. The number of hydrogen-bond acceptors (Lipinski definition) is 4. The summed E-state index contributed by atoms with van der Waals surface area (Å²) in [5.41, 5.74) is 0. The van der Waals surface area contributed by atoms with Crippen molar-refractivity contribution in [1.82, 2.24) is 0 Å². The first-order valence-corrected chi connectivity index (χ1v) is 6.00. The van der Waals surface area contributed by atoms with E-state index in [4.69, 9.17) is 18.9 Å². The number of hydrogen-bond donors (Lipinski definition) is 0. The molecule has 0 saturated heterocycles. The van der Waals surface area contributed by atoms with Gasteiger partial charge in [0.2, 0.25) is 12.7 Å². The first kappa shape index (κ1) is 10.6. The summed E-state index contributed by atoms with van der Waals surface area (Å²) in [7, 11) is 0. The monoisotopic (exact) mass is 254 g/mol. The summed E-state index contributed by atoms with van der Waals surface area (Å²) in [6.07, 6.45) is -1.10. The summed E-state index contributed by atoms with van der Waals surface area (Å²) in [5, 5.41) is 0. The van der Waals surface area contributed by atoms with E-state index < -0.39 is 12.4 Å². The van der Waals surface area contributed by atoms with E-state index in [2.05, 4.69) is 6.61 Å². The molecule has 0 fully saturated rings. The van der Waals surface area contributed by atoms with Crippen molar-refractivity contribution in [3.8, 4) is 23.0 Å². The van der Waals surface area contributed by atoms with Crippen molar-refractivity contribution in [2.75, 3.05) is 0 Å². The van der Waals surface area contributed by atoms with E-state index >= 15 is 0 Å². The fourth-order valence-corrected chi connectivity index (χ4v) is 2.07. The minimum Gasteiger partial charge on any atom is -0.474 e. The predicted molar refractivity (Wildman–Crippen MR) is 66.2 cm³/mol. The molecule has 2 heterocycles. The Morgan fingerprint density at radius 1 is 0.684 bits per heavy atom. The minimum atomic E-state index is -0.578. The zero-order valence-corrected chi connectivity index (χ0v) is 9.91. The van der Waals surface area contributed by atoms with Crippen molar-refractivity contribution in [2.45, 2.75) is 12.4 Å². The van der Waals surface area contributed by atoms with E-state index in [1.165, 1.54) is 0 Å². The Bertz CT molecular complexity index is 586. The highest BCUT2D eigenvalue weighted by atomic mass is 16.7. The summed E-state index contributed by atoms with van der Waals surface area (Å²) in [6, 6.07) is 14.9. The standard InChI is InChI=1S/C15H10O4/c1-2-6-11-10(5-1)16-9-14(17-11)15-18-12-7-3-4-8-13(12)19-15/h1-8,14-15H. The molecule has 2 radical (unpaired) electrons. The molecule has 0 N–H and O–H groups in total. The molecular formula is C15H10O4. The molecule has 0 spiro atoms. The van der Waals surface area contributed by atoms with Gasteiger partial charge in [-0.3, -0.25) is 0 Å². The van der Waals surface area contributed by atoms with Crippen molar-refractivity contribution in [3.63, 3.8) is 0 Å². The first-order chi connectivity index (χ1) is 9.40. The van der Waals surface area contributed by atoms with Crippen LogP contribution >= 0.6 is 0 Å². The van der Waals surface area contributed by atoms with E-state index in [1.807, 2.05) is 48.5 Å². The third-order valence-electron chi connectivity index (χ3n) is 2.97. The van der Waals surface area contributed by atoms with Gasteiger partial charge in [-0.05, 0) is 24.3 Å². The average molecular weight is 254 g/mol. The molecule has 0 amide bonds. The summed E-state index contributed by atoms with van der Waals surface area (Å²) in [6.45, 7) is 2.78. The summed E-state index contributed by atoms with van der Waals surface area (Å²) < 4.78 is 22.5. The van der Waals surface area contributed by atoms with E-state index in [9.17, 15) is 0 Å². The molecule has 4 rings (SSSR count). The molecule has 2 aliphatic heterocycles. The fraction of sp³-hybridized carbons (Fsp3) is 0.133. The van der Waals surface area contributed by atoms with Gasteiger partial charge in [-0.15, -0.1) is 0 Å². The molecule has 4 nitrogen and oxygen atoms in total. The lowest BCUT2D eigenvalue weighted by Gasteiger charge is -2.27. The molecule has 0 aromatic heterocycles. The molecule has 4 heteroatoms. The molecule has 19 heavy (non-hydrogen) atoms. The highest BCUT2D eigenvalue weighted by Crippen LogP contribution is 2.39. The van der Waals surface area contributed by atoms with Crippen LogP contribution in [0.5, 0.6) is 23.0 Å². The van der Waals surface area contributed by atoms with Gasteiger partial charge in [0.25, 0.3) is 6.29 Å². The highest BCUT2D eigenvalue weighted by molar-refractivity contribution is 5.44. The second-order valence-corrected chi connectivity index (χ2v) is 4.26. The molecule has 1 atom stereocenters. The van der Waals surface area contributed by atoms with Gasteiger partial charge in [0.05, 0.1) is 0 Å². The highest BCUT2D eigenvalue weighted by Gasteiger charge is 2.38. The Kier molecular flexibility index (Phi) is 2.27. The Labute approximate surface area is 110 Å². The van der Waals surface area contributed by atoms with Crippen molar-refractivity contribution in [3.05, 3.63) is 55.1 Å². The van der Waals surface area contributed by atoms with Crippen LogP contribution in [0.3, 0.4) is 0 Å². The Morgan fingerprint density at radius 2 is 1.21 bits per heavy atom. The number of fused-ring (bicyclic) bond motifs is 2. The van der Waals surface area contributed by atoms with Crippen molar-refractivity contribution < 1.29 is 18.9 Å². The van der Waals surface area contributed by atoms with Gasteiger partial charge in [-0.25, -0.2) is 0 Å². The second-order valence-electron chi connectivity index (χ2n) is 4.26. The molecule has 0 saturated carbocycles. The quantitative estimate of drug-likeness (QED) is 0.784. The molecule has 94 valence electrons. The molecule has 2 aromatic carbocycles. The topological polar surface area (TPSA) is 36.9 Å². The van der Waals surface area contributed by atoms with Crippen LogP contribution in [0.4, 0.5) is 0 Å². The Hall–Kier alpha value is -2.36. The largest absolute Gasteiger partial charge is 0.474 e. The predicted octanol–water partition coefficient (Wildman–Crippen LogP) is 2.66. The zero-order chi connectivity index (χ0) is 12.7. The van der Waals surface area contributed by atoms with Crippen LogP contribution in [-0.2, 0) is 0 Å². The van der Waals surface area contributed by atoms with Crippen LogP contribution < -0.4 is 18.9 Å². The van der Waals surface area contributed by atoms with Crippen LogP contribution in [0.2, 0.25) is 0 Å². The zero-order valence-electron chi connectivity index (χ0n) is 9.91. The van der Waals surface area contributed by atoms with Crippen molar-refractivity contribution >= 4 is 0 Å². The lowest BCUT2D eigenvalue weighted by molar-refractivity contribution is -0.0543. The molecule has 2 aliphatic rings. The van der Waals surface area contributed by atoms with Gasteiger partial charge in [-0.1, -0.05) is 24.3 Å². The SMILES string of the molecule is [C]1Oc2ccccc2OC1C1Oc2ccccc2O1. The van der Waals surface area contributed by atoms with Gasteiger partial charge < -0.3 is 18.9 Å². The van der Waals surface area contributed by atoms with Gasteiger partial charge in [-0.2, -0.15) is 0 Å². The summed E-state index contributed by atoms with van der Waals surface area (Å²) in [4.78, 5) is 0. The average Bonchev–Trinajstić information content (AvgIpc) is 2.90. The summed E-state index contributed by atoms with van der Waals surface area (Å²) >= 11 is 0. The lowest BCUT2D eigenvalue weighted by Crippen LogP contribution is -2.41. The number of benzene rings is 2. The molecular weight excluding hydrogens is 244 g/mol. The smallest absolute Gasteiger partial charge is 0.282 e. The van der Waals surface area contributed by atoms with Crippen LogP contribution in [-0.4, -0.2) is 12.4 Å². The van der Waals surface area contributed by atoms with E-state index in [0.29, 0.717) is 23.0 Å². The first-order valence-electron chi connectivity index (χ1n) is 6.00. The van der Waals surface area contributed by atoms with Crippen LogP contribution in [0.25, 0.3) is 0 Å². The Balaban J connectivity index is 1.54. The lowest BCUT2D eigenvalue weighted by atomic mass is 10.2. The van der Waals surface area contributed by atoms with Gasteiger partial charge in [0.15, 0.2) is 23.0 Å². The van der Waals surface area contributed by atoms with Gasteiger partial charge in [0, 0.05) is 0 Å². The maximum atomic E-state index is 5.76. The maximum absolute atomic E-state index is 5.76. The molecule has 1 unspecified atom stereocenters. The van der Waals surface area contributed by atoms with Gasteiger partial charge >= 0.3 is 0 Å². The third-order valence-corrected chi connectivity index (χ3v) is 2.97. The number of ether oxygens (including phenoxy) is 4. The second kappa shape index (κ2) is 4.09. The minimum absolute atomic E-state index is 0.526. The van der Waals surface area contributed by atoms with Crippen molar-refractivity contribution in [2.24, 2.45) is 0 Å². The molecule has 0 aliphatic carbocycles. The molecule has 2 aromatic rings. The number of para-hydroxylation sites is 4. The Morgan fingerprint density at radius 3 is 1.84 bits per heavy atom. The summed E-state index contributed by atoms with van der Waals surface area (Å²) in [5.74, 6) is 2.72. The van der Waals surface area contributed by atoms with Crippen LogP contribution in [0.15, 0.2) is 48.5 Å². The molecule has 0 bridgehead atoms.